The second-order valence-electron chi connectivity index (χ2n) is 8.71. The van der Waals surface area contributed by atoms with E-state index in [1.54, 1.807) is 23.6 Å². The van der Waals surface area contributed by atoms with E-state index in [2.05, 4.69) is 20.8 Å². The van der Waals surface area contributed by atoms with E-state index in [0.29, 0.717) is 22.5 Å². The van der Waals surface area contributed by atoms with Gasteiger partial charge in [-0.25, -0.2) is 8.78 Å². The van der Waals surface area contributed by atoms with Crippen molar-refractivity contribution < 1.29 is 23.5 Å². The molecule has 10 heteroatoms. The minimum atomic E-state index is -1.88. The zero-order chi connectivity index (χ0) is 25.9. The predicted octanol–water partition coefficient (Wildman–Crippen LogP) is 4.60. The number of carbonyl (C=O) groups excluding carboxylic acids is 2. The zero-order valence-electron chi connectivity index (χ0n) is 19.5. The molecule has 2 atom stereocenters. The average Bonchev–Trinajstić information content (AvgIpc) is 3.54. The van der Waals surface area contributed by atoms with Gasteiger partial charge in [-0.1, -0.05) is 50.2 Å². The summed E-state index contributed by atoms with van der Waals surface area (Å²) < 4.78 is 27.1. The molecular formula is C26H24F2N4O3S. The molecule has 7 nitrogen and oxygen atoms in total. The van der Waals surface area contributed by atoms with Crippen molar-refractivity contribution in [3.05, 3.63) is 105 Å². The Morgan fingerprint density at radius 2 is 1.69 bits per heavy atom. The fraction of sp³-hybridized carbons (Fsp3) is 0.192. The van der Waals surface area contributed by atoms with Crippen LogP contribution >= 0.6 is 11.3 Å². The molecule has 0 bridgehead atoms. The highest BCUT2D eigenvalue weighted by Gasteiger charge is 2.30. The van der Waals surface area contributed by atoms with E-state index in [9.17, 15) is 23.5 Å². The molecule has 4 N–H and O–H groups in total. The highest BCUT2D eigenvalue weighted by molar-refractivity contribution is 7.10. The maximum Gasteiger partial charge on any atom is 0.254 e. The van der Waals surface area contributed by atoms with Gasteiger partial charge in [-0.2, -0.15) is 5.10 Å². The molecule has 2 aromatic heterocycles. The summed E-state index contributed by atoms with van der Waals surface area (Å²) in [5, 5.41) is 24.4. The number of aromatic amines is 1. The molecule has 2 heterocycles. The van der Waals surface area contributed by atoms with Gasteiger partial charge in [-0.05, 0) is 34.7 Å². The summed E-state index contributed by atoms with van der Waals surface area (Å²) in [6.07, 6.45) is -1.88. The maximum absolute atomic E-state index is 13.5. The molecule has 4 rings (SSSR count). The maximum atomic E-state index is 13.5. The van der Waals surface area contributed by atoms with Crippen molar-refractivity contribution in [3.8, 4) is 0 Å². The van der Waals surface area contributed by atoms with Crippen LogP contribution in [0.2, 0.25) is 0 Å². The lowest BCUT2D eigenvalue weighted by atomic mass is 9.82. The summed E-state index contributed by atoms with van der Waals surface area (Å²) in [7, 11) is 0. The number of hydrogen-bond donors (Lipinski definition) is 4. The minimum absolute atomic E-state index is 0.267. The number of H-pyrrole nitrogens is 1. The van der Waals surface area contributed by atoms with Crippen molar-refractivity contribution in [1.29, 1.82) is 0 Å². The Bertz CT molecular complexity index is 1340. The van der Waals surface area contributed by atoms with Crippen LogP contribution in [0.1, 0.15) is 47.7 Å². The van der Waals surface area contributed by atoms with Gasteiger partial charge >= 0.3 is 0 Å². The number of aliphatic hydroxyl groups is 1. The van der Waals surface area contributed by atoms with E-state index >= 15 is 0 Å². The standard InChI is InChI=1S/C26H24F2N4O3S/c1-26(2,16-7-4-3-5-8-16)20-14-21(32-31-20)29-24(34)22(19-9-6-10-36-19)30-25(35)23(33)15-11-17(27)13-18(28)12-15/h3-14,22-23,33H,1-2H3,(H,30,35)(H2,29,31,32,34). The SMILES string of the molecule is CC(C)(c1ccccc1)c1cc(NC(=O)C(NC(=O)C(O)c2cc(F)cc(F)c2)c2cccs2)[nH]n1. The Morgan fingerprint density at radius 3 is 2.33 bits per heavy atom. The Morgan fingerprint density at radius 1 is 1.00 bits per heavy atom. The predicted molar refractivity (Wildman–Crippen MR) is 132 cm³/mol. The quantitative estimate of drug-likeness (QED) is 0.278. The molecule has 0 saturated carbocycles. The molecular weight excluding hydrogens is 486 g/mol. The van der Waals surface area contributed by atoms with Crippen molar-refractivity contribution in [2.45, 2.75) is 31.4 Å². The third-order valence-corrected chi connectivity index (χ3v) is 6.73. The summed E-state index contributed by atoms with van der Waals surface area (Å²) in [6, 6.07) is 16.0. The lowest BCUT2D eigenvalue weighted by molar-refractivity contribution is -0.133. The Hall–Kier alpha value is -3.89. The van der Waals surface area contributed by atoms with Crippen LogP contribution in [0.5, 0.6) is 0 Å². The molecule has 2 unspecified atom stereocenters. The van der Waals surface area contributed by atoms with Crippen LogP contribution in [0.25, 0.3) is 0 Å². The number of aromatic nitrogens is 2. The van der Waals surface area contributed by atoms with Gasteiger partial charge < -0.3 is 15.7 Å². The van der Waals surface area contributed by atoms with Crippen molar-refractivity contribution in [2.75, 3.05) is 5.32 Å². The van der Waals surface area contributed by atoms with Gasteiger partial charge in [0, 0.05) is 22.4 Å². The molecule has 186 valence electrons. The highest BCUT2D eigenvalue weighted by Crippen LogP contribution is 2.31. The van der Waals surface area contributed by atoms with Gasteiger partial charge in [-0.3, -0.25) is 14.7 Å². The van der Waals surface area contributed by atoms with E-state index in [4.69, 9.17) is 0 Å². The van der Waals surface area contributed by atoms with Crippen LogP contribution in [0.3, 0.4) is 0 Å². The van der Waals surface area contributed by atoms with E-state index in [1.807, 2.05) is 44.2 Å². The average molecular weight is 511 g/mol. The first-order valence-electron chi connectivity index (χ1n) is 11.1. The molecule has 0 radical (unpaired) electrons. The largest absolute Gasteiger partial charge is 0.378 e. The van der Waals surface area contributed by atoms with Crippen LogP contribution in [-0.2, 0) is 15.0 Å². The minimum Gasteiger partial charge on any atom is -0.378 e. The van der Waals surface area contributed by atoms with Gasteiger partial charge in [-0.15, -0.1) is 11.3 Å². The normalized spacial score (nSPS) is 13.1. The molecule has 36 heavy (non-hydrogen) atoms. The van der Waals surface area contributed by atoms with E-state index in [0.717, 1.165) is 17.7 Å². The first-order chi connectivity index (χ1) is 17.1. The summed E-state index contributed by atoms with van der Waals surface area (Å²) in [6.45, 7) is 4.02. The summed E-state index contributed by atoms with van der Waals surface area (Å²) in [5.41, 5.74) is 1.04. The molecule has 2 amide bonds. The zero-order valence-corrected chi connectivity index (χ0v) is 20.3. The smallest absolute Gasteiger partial charge is 0.254 e. The lowest BCUT2D eigenvalue weighted by Crippen LogP contribution is -2.39. The van der Waals surface area contributed by atoms with Crippen LogP contribution in [0.4, 0.5) is 14.6 Å². The van der Waals surface area contributed by atoms with Crippen LogP contribution in [-0.4, -0.2) is 27.1 Å². The molecule has 0 fully saturated rings. The monoisotopic (exact) mass is 510 g/mol. The molecule has 0 spiro atoms. The first kappa shape index (κ1) is 25.2. The van der Waals surface area contributed by atoms with E-state index < -0.39 is 41.0 Å². The number of amides is 2. The number of nitrogens with zero attached hydrogens (tertiary/aromatic N) is 1. The molecule has 2 aromatic carbocycles. The number of halogens is 2. The lowest BCUT2D eigenvalue weighted by Gasteiger charge is -2.22. The summed E-state index contributed by atoms with van der Waals surface area (Å²) >= 11 is 1.23. The third-order valence-electron chi connectivity index (χ3n) is 5.80. The third kappa shape index (κ3) is 5.50. The van der Waals surface area contributed by atoms with Crippen LogP contribution < -0.4 is 10.6 Å². The van der Waals surface area contributed by atoms with Crippen molar-refractivity contribution in [3.63, 3.8) is 0 Å². The molecule has 0 saturated heterocycles. The van der Waals surface area contributed by atoms with E-state index in [-0.39, 0.29) is 5.56 Å². The second-order valence-corrected chi connectivity index (χ2v) is 9.69. The van der Waals surface area contributed by atoms with Crippen molar-refractivity contribution in [2.24, 2.45) is 0 Å². The Labute approximate surface area is 210 Å². The summed E-state index contributed by atoms with van der Waals surface area (Å²) in [5.74, 6) is -3.11. The molecule has 0 aliphatic rings. The van der Waals surface area contributed by atoms with Gasteiger partial charge in [0.15, 0.2) is 6.10 Å². The van der Waals surface area contributed by atoms with Crippen molar-refractivity contribution in [1.82, 2.24) is 15.5 Å². The molecule has 0 aliphatic heterocycles. The van der Waals surface area contributed by atoms with Crippen molar-refractivity contribution >= 4 is 29.0 Å². The number of anilines is 1. The number of rotatable bonds is 8. The number of thiophene rings is 1. The number of hydrogen-bond acceptors (Lipinski definition) is 5. The van der Waals surface area contributed by atoms with Gasteiger partial charge in [0.2, 0.25) is 0 Å². The van der Waals surface area contributed by atoms with Gasteiger partial charge in [0.05, 0.1) is 5.69 Å². The van der Waals surface area contributed by atoms with Crippen LogP contribution in [0.15, 0.2) is 72.1 Å². The Kier molecular flexibility index (Phi) is 7.27. The summed E-state index contributed by atoms with van der Waals surface area (Å²) in [4.78, 5) is 26.4. The second kappa shape index (κ2) is 10.4. The fourth-order valence-corrected chi connectivity index (χ4v) is 4.51. The number of benzene rings is 2. The number of aliphatic hydroxyl groups excluding tert-OH is 1. The Balaban J connectivity index is 1.52. The fourth-order valence-electron chi connectivity index (χ4n) is 3.74. The van der Waals surface area contributed by atoms with Gasteiger partial charge in [0.1, 0.15) is 23.5 Å². The van der Waals surface area contributed by atoms with Gasteiger partial charge in [0.25, 0.3) is 11.8 Å². The van der Waals surface area contributed by atoms with E-state index in [1.165, 1.54) is 11.3 Å². The topological polar surface area (TPSA) is 107 Å². The number of carbonyl (C=O) groups is 2. The number of nitrogens with one attached hydrogen (secondary N) is 3. The first-order valence-corrected chi connectivity index (χ1v) is 11.9. The molecule has 4 aromatic rings. The molecule has 0 aliphatic carbocycles. The van der Waals surface area contributed by atoms with Crippen LogP contribution in [0, 0.1) is 11.6 Å². The highest BCUT2D eigenvalue weighted by atomic mass is 32.1.